The predicted octanol–water partition coefficient (Wildman–Crippen LogP) is 2.73. The van der Waals surface area contributed by atoms with Crippen LogP contribution in [0.25, 0.3) is 0 Å². The van der Waals surface area contributed by atoms with Gasteiger partial charge in [0.2, 0.25) is 5.91 Å². The van der Waals surface area contributed by atoms with Crippen LogP contribution in [0.15, 0.2) is 24.3 Å². The molecule has 1 saturated carbocycles. The number of hydrogen-bond acceptors (Lipinski definition) is 2. The number of hydrogen-bond donors (Lipinski definition) is 1. The largest absolute Gasteiger partial charge is 0.356 e. The number of likely N-dealkylation sites (tertiary alicyclic amines) is 1. The zero-order valence-corrected chi connectivity index (χ0v) is 13.0. The van der Waals surface area contributed by atoms with E-state index in [1.54, 1.807) is 0 Å². The van der Waals surface area contributed by atoms with Crippen LogP contribution < -0.4 is 5.32 Å². The molecular formula is C18H26N2O. The number of nitrogens with zero attached hydrogens (tertiary/aromatic N) is 1. The first kappa shape index (κ1) is 14.6. The Morgan fingerprint density at radius 2 is 1.95 bits per heavy atom. The van der Waals surface area contributed by atoms with Crippen molar-refractivity contribution in [2.24, 2.45) is 11.8 Å². The summed E-state index contributed by atoms with van der Waals surface area (Å²) in [6, 6.07) is 8.81. The topological polar surface area (TPSA) is 32.3 Å². The molecule has 114 valence electrons. The summed E-state index contributed by atoms with van der Waals surface area (Å²) < 4.78 is 0. The van der Waals surface area contributed by atoms with Crippen molar-refractivity contribution in [2.75, 3.05) is 19.6 Å². The fraction of sp³-hybridized carbons (Fsp3) is 0.611. The highest BCUT2D eigenvalue weighted by molar-refractivity contribution is 5.76. The highest BCUT2D eigenvalue weighted by Crippen LogP contribution is 2.32. The Balaban J connectivity index is 1.38. The van der Waals surface area contributed by atoms with Gasteiger partial charge in [0.25, 0.3) is 0 Å². The normalized spacial score (nSPS) is 22.4. The first-order valence-corrected chi connectivity index (χ1v) is 8.23. The lowest BCUT2D eigenvalue weighted by molar-refractivity contribution is -0.121. The summed E-state index contributed by atoms with van der Waals surface area (Å²) in [7, 11) is 0. The van der Waals surface area contributed by atoms with Crippen molar-refractivity contribution in [1.29, 1.82) is 0 Å². The monoisotopic (exact) mass is 286 g/mol. The Kier molecular flexibility index (Phi) is 4.59. The molecular weight excluding hydrogens is 260 g/mol. The summed E-state index contributed by atoms with van der Waals surface area (Å²) in [6.45, 7) is 6.28. The summed E-state index contributed by atoms with van der Waals surface area (Å²) in [5, 5.41) is 3.12. The minimum Gasteiger partial charge on any atom is -0.356 e. The van der Waals surface area contributed by atoms with E-state index < -0.39 is 0 Å². The summed E-state index contributed by atoms with van der Waals surface area (Å²) >= 11 is 0. The van der Waals surface area contributed by atoms with E-state index in [9.17, 15) is 4.79 Å². The second kappa shape index (κ2) is 6.61. The average molecular weight is 286 g/mol. The van der Waals surface area contributed by atoms with E-state index in [1.165, 1.54) is 30.4 Å². The molecule has 3 rings (SSSR count). The third kappa shape index (κ3) is 4.57. The highest BCUT2D eigenvalue weighted by Gasteiger charge is 2.26. The van der Waals surface area contributed by atoms with Crippen LogP contribution in [0.4, 0.5) is 0 Å². The average Bonchev–Trinajstić information content (AvgIpc) is 3.17. The van der Waals surface area contributed by atoms with Crippen molar-refractivity contribution in [1.82, 2.24) is 10.2 Å². The van der Waals surface area contributed by atoms with Gasteiger partial charge in [0.05, 0.1) is 0 Å². The molecule has 1 N–H and O–H groups in total. The number of nitrogens with one attached hydrogen (secondary N) is 1. The maximum Gasteiger partial charge on any atom is 0.220 e. The molecule has 0 bridgehead atoms. The van der Waals surface area contributed by atoms with Gasteiger partial charge in [0.1, 0.15) is 0 Å². The number of amides is 1. The zero-order valence-electron chi connectivity index (χ0n) is 13.0. The molecule has 1 heterocycles. The molecule has 1 aliphatic carbocycles. The maximum absolute atomic E-state index is 11.7. The second-order valence-electron chi connectivity index (χ2n) is 6.83. The Hall–Kier alpha value is -1.35. The van der Waals surface area contributed by atoms with Crippen LogP contribution in [0.1, 0.15) is 36.8 Å². The molecule has 1 aromatic rings. The molecule has 2 aliphatic rings. The van der Waals surface area contributed by atoms with E-state index in [0.29, 0.717) is 11.8 Å². The van der Waals surface area contributed by atoms with Gasteiger partial charge in [0.15, 0.2) is 0 Å². The molecule has 21 heavy (non-hydrogen) atoms. The van der Waals surface area contributed by atoms with Crippen LogP contribution in [0.3, 0.4) is 0 Å². The van der Waals surface area contributed by atoms with Crippen molar-refractivity contribution < 1.29 is 4.79 Å². The van der Waals surface area contributed by atoms with Gasteiger partial charge in [0, 0.05) is 26.1 Å². The molecule has 0 radical (unpaired) electrons. The number of carbonyl (C=O) groups excluding carboxylic acids is 1. The predicted molar refractivity (Wildman–Crippen MR) is 84.9 cm³/mol. The van der Waals surface area contributed by atoms with Gasteiger partial charge in [-0.05, 0) is 50.1 Å². The number of rotatable bonds is 6. The molecule has 0 aromatic heterocycles. The van der Waals surface area contributed by atoms with E-state index in [2.05, 4.69) is 41.4 Å². The molecule has 3 heteroatoms. The standard InChI is InChI=1S/C18H26N2O/c1-14-2-4-16(5-3-14)12-20-9-8-17(13-20)11-19-18(21)10-15-6-7-15/h2-5,15,17H,6-13H2,1H3,(H,19,21)/t17-/m0/s1. The van der Waals surface area contributed by atoms with Gasteiger partial charge in [-0.15, -0.1) is 0 Å². The van der Waals surface area contributed by atoms with Crippen LogP contribution in [-0.2, 0) is 11.3 Å². The van der Waals surface area contributed by atoms with Crippen LogP contribution in [0.2, 0.25) is 0 Å². The van der Waals surface area contributed by atoms with E-state index in [1.807, 2.05) is 0 Å². The molecule has 1 aromatic carbocycles. The molecule has 1 saturated heterocycles. The lowest BCUT2D eigenvalue weighted by Crippen LogP contribution is -2.31. The maximum atomic E-state index is 11.7. The van der Waals surface area contributed by atoms with E-state index in [0.717, 1.165) is 32.6 Å². The van der Waals surface area contributed by atoms with Crippen molar-refractivity contribution in [3.8, 4) is 0 Å². The summed E-state index contributed by atoms with van der Waals surface area (Å²) in [5.74, 6) is 1.57. The SMILES string of the molecule is Cc1ccc(CN2CC[C@@H](CNC(=O)CC3CC3)C2)cc1. The molecule has 3 nitrogen and oxygen atoms in total. The Morgan fingerprint density at radius 3 is 2.67 bits per heavy atom. The minimum absolute atomic E-state index is 0.259. The van der Waals surface area contributed by atoms with Crippen molar-refractivity contribution in [2.45, 2.75) is 39.2 Å². The zero-order chi connectivity index (χ0) is 14.7. The number of benzene rings is 1. The number of carbonyl (C=O) groups is 1. The lowest BCUT2D eigenvalue weighted by Gasteiger charge is -2.16. The quantitative estimate of drug-likeness (QED) is 0.872. The van der Waals surface area contributed by atoms with Gasteiger partial charge >= 0.3 is 0 Å². The second-order valence-corrected chi connectivity index (χ2v) is 6.83. The van der Waals surface area contributed by atoms with Crippen LogP contribution in [0.5, 0.6) is 0 Å². The lowest BCUT2D eigenvalue weighted by atomic mass is 10.1. The molecule has 1 atom stereocenters. The highest BCUT2D eigenvalue weighted by atomic mass is 16.1. The smallest absolute Gasteiger partial charge is 0.220 e. The molecule has 0 spiro atoms. The van der Waals surface area contributed by atoms with Crippen LogP contribution in [0, 0.1) is 18.8 Å². The fourth-order valence-corrected chi connectivity index (χ4v) is 3.09. The Labute approximate surface area is 127 Å². The molecule has 0 unspecified atom stereocenters. The third-order valence-corrected chi connectivity index (χ3v) is 4.66. The first-order chi connectivity index (χ1) is 10.2. The molecule has 1 aliphatic heterocycles. The summed E-state index contributed by atoms with van der Waals surface area (Å²) in [5.41, 5.74) is 2.70. The van der Waals surface area contributed by atoms with E-state index in [-0.39, 0.29) is 5.91 Å². The number of aryl methyl sites for hydroxylation is 1. The summed E-state index contributed by atoms with van der Waals surface area (Å²) in [4.78, 5) is 14.2. The van der Waals surface area contributed by atoms with Crippen molar-refractivity contribution >= 4 is 5.91 Å². The van der Waals surface area contributed by atoms with Gasteiger partial charge < -0.3 is 5.32 Å². The van der Waals surface area contributed by atoms with E-state index >= 15 is 0 Å². The Bertz CT molecular complexity index is 478. The van der Waals surface area contributed by atoms with Gasteiger partial charge in [-0.3, -0.25) is 9.69 Å². The fourth-order valence-electron chi connectivity index (χ4n) is 3.09. The minimum atomic E-state index is 0.259. The van der Waals surface area contributed by atoms with Gasteiger partial charge in [-0.25, -0.2) is 0 Å². The third-order valence-electron chi connectivity index (χ3n) is 4.66. The summed E-state index contributed by atoms with van der Waals surface area (Å²) in [6.07, 6.45) is 4.46. The van der Waals surface area contributed by atoms with Crippen molar-refractivity contribution in [3.63, 3.8) is 0 Å². The van der Waals surface area contributed by atoms with Gasteiger partial charge in [-0.2, -0.15) is 0 Å². The van der Waals surface area contributed by atoms with E-state index in [4.69, 9.17) is 0 Å². The van der Waals surface area contributed by atoms with Crippen LogP contribution >= 0.6 is 0 Å². The van der Waals surface area contributed by atoms with Gasteiger partial charge in [-0.1, -0.05) is 29.8 Å². The van der Waals surface area contributed by atoms with Crippen LogP contribution in [-0.4, -0.2) is 30.4 Å². The van der Waals surface area contributed by atoms with Crippen molar-refractivity contribution in [3.05, 3.63) is 35.4 Å². The molecule has 1 amide bonds. The first-order valence-electron chi connectivity index (χ1n) is 8.23. The Morgan fingerprint density at radius 1 is 1.19 bits per heavy atom. The molecule has 2 fully saturated rings.